The first-order valence-electron chi connectivity index (χ1n) is 13.7. The molecule has 1 atom stereocenters. The maximum atomic E-state index is 10.4. The molecule has 6 heteroatoms. The Kier molecular flexibility index (Phi) is 9.67. The molecule has 1 aliphatic rings. The number of nitrogens with zero attached hydrogens (tertiary/aromatic N) is 4. The zero-order valence-corrected chi connectivity index (χ0v) is 22.9. The van der Waals surface area contributed by atoms with Crippen molar-refractivity contribution in [1.29, 1.82) is 0 Å². The summed E-state index contributed by atoms with van der Waals surface area (Å²) in [6, 6.07) is 16.9. The van der Waals surface area contributed by atoms with Gasteiger partial charge in [-0.2, -0.15) is 0 Å². The Hall–Kier alpha value is -2.80. The van der Waals surface area contributed by atoms with Crippen molar-refractivity contribution in [2.45, 2.75) is 53.1 Å². The van der Waals surface area contributed by atoms with Crippen LogP contribution in [-0.2, 0) is 11.2 Å². The van der Waals surface area contributed by atoms with Gasteiger partial charge in [0.05, 0.1) is 12.7 Å². The second-order valence-corrected chi connectivity index (χ2v) is 10.3. The van der Waals surface area contributed by atoms with Crippen LogP contribution in [-0.4, -0.2) is 72.0 Å². The van der Waals surface area contributed by atoms with E-state index in [0.717, 1.165) is 74.9 Å². The predicted molar refractivity (Wildman–Crippen MR) is 151 cm³/mol. The van der Waals surface area contributed by atoms with Crippen LogP contribution in [0.2, 0.25) is 0 Å². The molecule has 2 aromatic carbocycles. The third kappa shape index (κ3) is 7.37. The molecule has 1 aromatic heterocycles. The maximum absolute atomic E-state index is 10.4. The van der Waals surface area contributed by atoms with Crippen LogP contribution in [0.5, 0.6) is 0 Å². The first-order chi connectivity index (χ1) is 17.9. The average molecular weight is 503 g/mol. The van der Waals surface area contributed by atoms with Crippen molar-refractivity contribution in [1.82, 2.24) is 14.9 Å². The summed E-state index contributed by atoms with van der Waals surface area (Å²) >= 11 is 0. The minimum absolute atomic E-state index is 0.408. The fraction of sp³-hybridized carbons (Fsp3) is 0.484. The van der Waals surface area contributed by atoms with Crippen LogP contribution < -0.4 is 4.90 Å². The lowest BCUT2D eigenvalue weighted by molar-refractivity contribution is 0.0150. The highest BCUT2D eigenvalue weighted by Gasteiger charge is 2.24. The van der Waals surface area contributed by atoms with E-state index in [4.69, 9.17) is 14.7 Å². The van der Waals surface area contributed by atoms with Crippen molar-refractivity contribution >= 4 is 5.82 Å². The van der Waals surface area contributed by atoms with Gasteiger partial charge in [-0.3, -0.25) is 4.90 Å². The molecular weight excluding hydrogens is 460 g/mol. The number of unbranched alkanes of at least 4 members (excludes halogenated alkanes) is 1. The molecule has 1 saturated heterocycles. The van der Waals surface area contributed by atoms with Crippen molar-refractivity contribution in [2.24, 2.45) is 0 Å². The molecule has 2 heterocycles. The minimum Gasteiger partial charge on any atom is -0.389 e. The van der Waals surface area contributed by atoms with Gasteiger partial charge in [-0.05, 0) is 38.3 Å². The number of β-amino-alcohol motifs (C(OH)–C–C–N with tert-alkyl or cyclic N) is 1. The number of hydrogen-bond acceptors (Lipinski definition) is 6. The highest BCUT2D eigenvalue weighted by atomic mass is 16.5. The van der Waals surface area contributed by atoms with Crippen LogP contribution in [0.1, 0.15) is 47.7 Å². The average Bonchev–Trinajstić information content (AvgIpc) is 2.90. The Balaban J connectivity index is 1.53. The summed E-state index contributed by atoms with van der Waals surface area (Å²) in [7, 11) is 0. The Labute approximate surface area is 222 Å². The molecule has 4 rings (SSSR count). The number of hydrogen-bond donors (Lipinski definition) is 1. The Bertz CT molecular complexity index is 1140. The molecule has 0 radical (unpaired) electrons. The van der Waals surface area contributed by atoms with E-state index in [2.05, 4.69) is 67.8 Å². The number of aliphatic hydroxyl groups is 1. The zero-order chi connectivity index (χ0) is 26.2. The number of ether oxygens (including phenoxy) is 1. The highest BCUT2D eigenvalue weighted by Crippen LogP contribution is 2.29. The molecule has 0 bridgehead atoms. The van der Waals surface area contributed by atoms with Gasteiger partial charge in [0.25, 0.3) is 0 Å². The molecule has 0 spiro atoms. The summed E-state index contributed by atoms with van der Waals surface area (Å²) < 4.78 is 5.62. The Morgan fingerprint density at radius 1 is 0.973 bits per heavy atom. The quantitative estimate of drug-likeness (QED) is 0.374. The van der Waals surface area contributed by atoms with Gasteiger partial charge in [-0.25, -0.2) is 9.97 Å². The number of benzene rings is 2. The van der Waals surface area contributed by atoms with Gasteiger partial charge in [0, 0.05) is 62.6 Å². The van der Waals surface area contributed by atoms with E-state index in [-0.39, 0.29) is 0 Å². The topological polar surface area (TPSA) is 61.7 Å². The van der Waals surface area contributed by atoms with Crippen LogP contribution in [0.15, 0.2) is 48.5 Å². The molecule has 3 aromatic rings. The van der Waals surface area contributed by atoms with E-state index in [0.29, 0.717) is 13.2 Å². The number of aliphatic hydroxyl groups excluding tert-OH is 1. The molecule has 0 aliphatic carbocycles. The van der Waals surface area contributed by atoms with Gasteiger partial charge in [-0.15, -0.1) is 0 Å². The van der Waals surface area contributed by atoms with Crippen LogP contribution in [0.25, 0.3) is 11.4 Å². The number of rotatable bonds is 11. The summed E-state index contributed by atoms with van der Waals surface area (Å²) in [5.74, 6) is 1.82. The predicted octanol–water partition coefficient (Wildman–Crippen LogP) is 4.96. The smallest absolute Gasteiger partial charge is 0.161 e. The summed E-state index contributed by atoms with van der Waals surface area (Å²) in [5.41, 5.74) is 7.16. The number of aromatic nitrogens is 2. The summed E-state index contributed by atoms with van der Waals surface area (Å²) in [6.45, 7) is 13.9. The van der Waals surface area contributed by atoms with E-state index in [1.165, 1.54) is 22.3 Å². The van der Waals surface area contributed by atoms with Crippen LogP contribution in [0.3, 0.4) is 0 Å². The Morgan fingerprint density at radius 2 is 1.73 bits per heavy atom. The minimum atomic E-state index is -0.450. The largest absolute Gasteiger partial charge is 0.389 e. The third-order valence-electron chi connectivity index (χ3n) is 7.19. The van der Waals surface area contributed by atoms with E-state index in [1.807, 2.05) is 18.2 Å². The molecule has 0 saturated carbocycles. The van der Waals surface area contributed by atoms with Crippen LogP contribution in [0.4, 0.5) is 5.82 Å². The first kappa shape index (κ1) is 27.2. The molecule has 0 amide bonds. The van der Waals surface area contributed by atoms with Crippen molar-refractivity contribution < 1.29 is 9.84 Å². The van der Waals surface area contributed by atoms with Crippen LogP contribution in [0, 0.1) is 20.8 Å². The monoisotopic (exact) mass is 502 g/mol. The van der Waals surface area contributed by atoms with Crippen LogP contribution >= 0.6 is 0 Å². The second-order valence-electron chi connectivity index (χ2n) is 10.3. The Morgan fingerprint density at radius 3 is 2.46 bits per heavy atom. The summed E-state index contributed by atoms with van der Waals surface area (Å²) in [5, 5.41) is 10.4. The molecule has 6 nitrogen and oxygen atoms in total. The van der Waals surface area contributed by atoms with Crippen molar-refractivity contribution in [3.63, 3.8) is 0 Å². The van der Waals surface area contributed by atoms with Gasteiger partial charge >= 0.3 is 0 Å². The number of piperazine rings is 1. The lowest BCUT2D eigenvalue weighted by Gasteiger charge is -2.37. The fourth-order valence-electron chi connectivity index (χ4n) is 4.91. The van der Waals surface area contributed by atoms with Gasteiger partial charge in [0.15, 0.2) is 5.82 Å². The molecule has 198 valence electrons. The zero-order valence-electron chi connectivity index (χ0n) is 22.9. The van der Waals surface area contributed by atoms with E-state index < -0.39 is 6.10 Å². The maximum Gasteiger partial charge on any atom is 0.161 e. The summed E-state index contributed by atoms with van der Waals surface area (Å²) in [6.07, 6.45) is 2.52. The van der Waals surface area contributed by atoms with Crippen molar-refractivity contribution in [3.05, 3.63) is 76.5 Å². The number of aryl methyl sites for hydroxylation is 3. The summed E-state index contributed by atoms with van der Waals surface area (Å²) in [4.78, 5) is 14.8. The third-order valence-corrected chi connectivity index (χ3v) is 7.19. The van der Waals surface area contributed by atoms with E-state index >= 15 is 0 Å². The standard InChI is InChI=1S/C31H42N4O2/c1-5-6-18-37-22-28(36)21-34-14-16-35(17-15-34)31-29(20-27-19-23(2)12-13-24(27)3)25(4)32-30(33-31)26-10-8-7-9-11-26/h7-13,19,28,36H,5-6,14-18,20-22H2,1-4H3/t28-/m1/s1. The van der Waals surface area contributed by atoms with Gasteiger partial charge in [-0.1, -0.05) is 67.4 Å². The second kappa shape index (κ2) is 13.1. The molecule has 1 N–H and O–H groups in total. The molecule has 37 heavy (non-hydrogen) atoms. The lowest BCUT2D eigenvalue weighted by atomic mass is 9.97. The van der Waals surface area contributed by atoms with Crippen molar-refractivity contribution in [2.75, 3.05) is 50.8 Å². The van der Waals surface area contributed by atoms with Gasteiger partial charge < -0.3 is 14.7 Å². The van der Waals surface area contributed by atoms with Gasteiger partial charge in [0.2, 0.25) is 0 Å². The molecular formula is C31H42N4O2. The molecule has 0 unspecified atom stereocenters. The first-order valence-corrected chi connectivity index (χ1v) is 13.7. The number of anilines is 1. The fourth-order valence-corrected chi connectivity index (χ4v) is 4.91. The van der Waals surface area contributed by atoms with E-state index in [9.17, 15) is 5.11 Å². The highest BCUT2D eigenvalue weighted by molar-refractivity contribution is 5.61. The lowest BCUT2D eigenvalue weighted by Crippen LogP contribution is -2.49. The van der Waals surface area contributed by atoms with Gasteiger partial charge in [0.1, 0.15) is 5.82 Å². The molecule has 1 aliphatic heterocycles. The normalized spacial score (nSPS) is 15.2. The van der Waals surface area contributed by atoms with E-state index in [1.54, 1.807) is 0 Å². The SMILES string of the molecule is CCCCOC[C@H](O)CN1CCN(c2nc(-c3ccccc3)nc(C)c2Cc2cc(C)ccc2C)CC1. The van der Waals surface area contributed by atoms with Crippen molar-refractivity contribution in [3.8, 4) is 11.4 Å². The molecule has 1 fully saturated rings.